The third-order valence-electron chi connectivity index (χ3n) is 3.90. The molecule has 3 rings (SSSR count). The topological polar surface area (TPSA) is 28.2 Å². The standard InChI is InChI=1S/C15H23N3S/c1-11-10-18(7-8-19-11)15-6-3-13(12(2)17-15)9-16-14-4-5-14/h3,6,11,14,16H,4-5,7-10H2,1-2H3. The molecule has 2 heterocycles. The lowest BCUT2D eigenvalue weighted by Gasteiger charge is -2.31. The van der Waals surface area contributed by atoms with Gasteiger partial charge in [0.2, 0.25) is 0 Å². The Kier molecular flexibility index (Phi) is 3.99. The van der Waals surface area contributed by atoms with E-state index in [2.05, 4.69) is 48.0 Å². The van der Waals surface area contributed by atoms with Crippen LogP contribution in [0, 0.1) is 6.92 Å². The van der Waals surface area contributed by atoms with Crippen molar-refractivity contribution >= 4 is 17.6 Å². The van der Waals surface area contributed by atoms with Gasteiger partial charge in [-0.3, -0.25) is 0 Å². The van der Waals surface area contributed by atoms with Crippen LogP contribution in [-0.4, -0.2) is 35.1 Å². The maximum atomic E-state index is 4.81. The highest BCUT2D eigenvalue weighted by atomic mass is 32.2. The zero-order valence-electron chi connectivity index (χ0n) is 11.9. The smallest absolute Gasteiger partial charge is 0.128 e. The van der Waals surface area contributed by atoms with Crippen LogP contribution >= 0.6 is 11.8 Å². The van der Waals surface area contributed by atoms with Gasteiger partial charge in [-0.25, -0.2) is 4.98 Å². The van der Waals surface area contributed by atoms with Gasteiger partial charge in [0.1, 0.15) is 5.82 Å². The molecule has 1 saturated carbocycles. The lowest BCUT2D eigenvalue weighted by atomic mass is 10.2. The Hall–Kier alpha value is -0.740. The fourth-order valence-corrected chi connectivity index (χ4v) is 3.52. The summed E-state index contributed by atoms with van der Waals surface area (Å²) in [5.41, 5.74) is 2.52. The van der Waals surface area contributed by atoms with E-state index in [0.29, 0.717) is 5.25 Å². The van der Waals surface area contributed by atoms with Crippen molar-refractivity contribution in [2.24, 2.45) is 0 Å². The van der Waals surface area contributed by atoms with Crippen LogP contribution in [0.2, 0.25) is 0 Å². The molecule has 0 aromatic carbocycles. The molecular weight excluding hydrogens is 254 g/mol. The highest BCUT2D eigenvalue weighted by Crippen LogP contribution is 2.24. The van der Waals surface area contributed by atoms with Gasteiger partial charge >= 0.3 is 0 Å². The molecule has 1 N–H and O–H groups in total. The van der Waals surface area contributed by atoms with Crippen LogP contribution in [0.5, 0.6) is 0 Å². The van der Waals surface area contributed by atoms with Crippen LogP contribution in [0.25, 0.3) is 0 Å². The van der Waals surface area contributed by atoms with E-state index in [0.717, 1.165) is 31.5 Å². The lowest BCUT2D eigenvalue weighted by molar-refractivity contribution is 0.681. The van der Waals surface area contributed by atoms with Crippen LogP contribution in [0.15, 0.2) is 12.1 Å². The SMILES string of the molecule is Cc1nc(N2CCSC(C)C2)ccc1CNC1CC1. The molecule has 19 heavy (non-hydrogen) atoms. The van der Waals surface area contributed by atoms with E-state index in [1.54, 1.807) is 0 Å². The second-order valence-corrected chi connectivity index (χ2v) is 7.24. The number of aromatic nitrogens is 1. The van der Waals surface area contributed by atoms with E-state index in [9.17, 15) is 0 Å². The highest BCUT2D eigenvalue weighted by Gasteiger charge is 2.21. The largest absolute Gasteiger partial charge is 0.355 e. The van der Waals surface area contributed by atoms with Crippen LogP contribution in [0.1, 0.15) is 31.0 Å². The quantitative estimate of drug-likeness (QED) is 0.915. The molecule has 0 bridgehead atoms. The third-order valence-corrected chi connectivity index (χ3v) is 5.04. The monoisotopic (exact) mass is 277 g/mol. The van der Waals surface area contributed by atoms with Gasteiger partial charge in [0.15, 0.2) is 0 Å². The summed E-state index contributed by atoms with van der Waals surface area (Å²) in [5, 5.41) is 4.28. The van der Waals surface area contributed by atoms with Gasteiger partial charge < -0.3 is 10.2 Å². The number of hydrogen-bond acceptors (Lipinski definition) is 4. The first-order valence-corrected chi connectivity index (χ1v) is 8.33. The molecule has 3 nitrogen and oxygen atoms in total. The first-order chi connectivity index (χ1) is 9.22. The van der Waals surface area contributed by atoms with Gasteiger partial charge in [-0.2, -0.15) is 11.8 Å². The molecule has 4 heteroatoms. The molecule has 1 saturated heterocycles. The molecule has 1 unspecified atom stereocenters. The Labute approximate surface area is 120 Å². The van der Waals surface area contributed by atoms with E-state index in [-0.39, 0.29) is 0 Å². The highest BCUT2D eigenvalue weighted by molar-refractivity contribution is 8.00. The zero-order chi connectivity index (χ0) is 13.2. The molecule has 2 aliphatic rings. The van der Waals surface area contributed by atoms with Gasteiger partial charge in [-0.05, 0) is 31.4 Å². The molecule has 1 aliphatic heterocycles. The summed E-state index contributed by atoms with van der Waals surface area (Å²) >= 11 is 2.06. The minimum atomic E-state index is 0.715. The molecule has 0 amide bonds. The third kappa shape index (κ3) is 3.42. The average molecular weight is 277 g/mol. The van der Waals surface area contributed by atoms with Crippen LogP contribution in [0.4, 0.5) is 5.82 Å². The number of nitrogens with zero attached hydrogens (tertiary/aromatic N) is 2. The molecule has 1 aromatic rings. The molecule has 0 radical (unpaired) electrons. The summed E-state index contributed by atoms with van der Waals surface area (Å²) in [5.74, 6) is 2.37. The van der Waals surface area contributed by atoms with E-state index in [1.165, 1.54) is 29.9 Å². The van der Waals surface area contributed by atoms with E-state index in [4.69, 9.17) is 4.98 Å². The molecule has 2 fully saturated rings. The van der Waals surface area contributed by atoms with Gasteiger partial charge in [0.25, 0.3) is 0 Å². The van der Waals surface area contributed by atoms with Crippen molar-refractivity contribution < 1.29 is 0 Å². The summed E-state index contributed by atoms with van der Waals surface area (Å²) < 4.78 is 0. The van der Waals surface area contributed by atoms with Crippen molar-refractivity contribution in [3.63, 3.8) is 0 Å². The Morgan fingerprint density at radius 2 is 2.26 bits per heavy atom. The minimum absolute atomic E-state index is 0.715. The van der Waals surface area contributed by atoms with Gasteiger partial charge in [0, 0.05) is 42.4 Å². The number of nitrogens with one attached hydrogen (secondary N) is 1. The minimum Gasteiger partial charge on any atom is -0.355 e. The molecule has 104 valence electrons. The number of anilines is 1. The number of pyridine rings is 1. The number of thioether (sulfide) groups is 1. The number of rotatable bonds is 4. The Morgan fingerprint density at radius 3 is 2.95 bits per heavy atom. The second-order valence-electron chi connectivity index (χ2n) is 5.70. The van der Waals surface area contributed by atoms with Crippen LogP contribution in [0.3, 0.4) is 0 Å². The Bertz CT molecular complexity index is 445. The normalized spacial score (nSPS) is 23.7. The maximum Gasteiger partial charge on any atom is 0.128 e. The molecule has 0 spiro atoms. The van der Waals surface area contributed by atoms with E-state index in [1.807, 2.05) is 0 Å². The summed E-state index contributed by atoms with van der Waals surface area (Å²) in [7, 11) is 0. The Morgan fingerprint density at radius 1 is 1.42 bits per heavy atom. The van der Waals surface area contributed by atoms with E-state index < -0.39 is 0 Å². The fraction of sp³-hybridized carbons (Fsp3) is 0.667. The predicted molar refractivity (Wildman–Crippen MR) is 83.0 cm³/mol. The number of hydrogen-bond donors (Lipinski definition) is 1. The Balaban J connectivity index is 1.67. The number of aryl methyl sites for hydroxylation is 1. The van der Waals surface area contributed by atoms with Gasteiger partial charge in [-0.1, -0.05) is 13.0 Å². The lowest BCUT2D eigenvalue weighted by Crippen LogP contribution is -2.37. The van der Waals surface area contributed by atoms with Gasteiger partial charge in [-0.15, -0.1) is 0 Å². The van der Waals surface area contributed by atoms with Crippen molar-refractivity contribution in [2.45, 2.75) is 44.5 Å². The first-order valence-electron chi connectivity index (χ1n) is 7.29. The van der Waals surface area contributed by atoms with Crippen LogP contribution in [-0.2, 0) is 6.54 Å². The molecule has 1 aromatic heterocycles. The van der Waals surface area contributed by atoms with Crippen molar-refractivity contribution in [3.05, 3.63) is 23.4 Å². The molecular formula is C15H23N3S. The van der Waals surface area contributed by atoms with Crippen molar-refractivity contribution in [3.8, 4) is 0 Å². The van der Waals surface area contributed by atoms with E-state index >= 15 is 0 Å². The zero-order valence-corrected chi connectivity index (χ0v) is 12.7. The summed E-state index contributed by atoms with van der Waals surface area (Å²) in [6.45, 7) is 7.65. The fourth-order valence-electron chi connectivity index (χ4n) is 2.51. The van der Waals surface area contributed by atoms with Crippen molar-refractivity contribution in [1.82, 2.24) is 10.3 Å². The first kappa shape index (κ1) is 13.3. The predicted octanol–water partition coefficient (Wildman–Crippen LogP) is 2.58. The van der Waals surface area contributed by atoms with Crippen molar-refractivity contribution in [1.29, 1.82) is 0 Å². The van der Waals surface area contributed by atoms with Crippen LogP contribution < -0.4 is 10.2 Å². The second kappa shape index (κ2) is 5.71. The molecule has 1 aliphatic carbocycles. The maximum absolute atomic E-state index is 4.81. The molecule has 1 atom stereocenters. The summed E-state index contributed by atoms with van der Waals surface area (Å²) in [6.07, 6.45) is 2.68. The average Bonchev–Trinajstić information content (AvgIpc) is 3.21. The van der Waals surface area contributed by atoms with Crippen molar-refractivity contribution in [2.75, 3.05) is 23.7 Å². The summed E-state index contributed by atoms with van der Waals surface area (Å²) in [4.78, 5) is 7.23. The van der Waals surface area contributed by atoms with Gasteiger partial charge in [0.05, 0.1) is 0 Å². The summed E-state index contributed by atoms with van der Waals surface area (Å²) in [6, 6.07) is 5.21.